The van der Waals surface area contributed by atoms with E-state index in [2.05, 4.69) is 17.9 Å². The quantitative estimate of drug-likeness (QED) is 0.486. The fourth-order valence-electron chi connectivity index (χ4n) is 0.982. The molecule has 0 saturated heterocycles. The van der Waals surface area contributed by atoms with Gasteiger partial charge in [0.1, 0.15) is 6.10 Å². The van der Waals surface area contributed by atoms with Gasteiger partial charge in [-0.1, -0.05) is 32.6 Å². The van der Waals surface area contributed by atoms with Crippen LogP contribution in [0.2, 0.25) is 0 Å². The van der Waals surface area contributed by atoms with Crippen molar-refractivity contribution in [3.63, 3.8) is 0 Å². The number of hydrogen-bond acceptors (Lipinski definition) is 3. The molecule has 0 aliphatic rings. The predicted octanol–water partition coefficient (Wildman–Crippen LogP) is 3.07. The van der Waals surface area contributed by atoms with Crippen LogP contribution in [0.25, 0.3) is 0 Å². The zero-order valence-electron chi connectivity index (χ0n) is 8.91. The Morgan fingerprint density at radius 1 is 1.50 bits per heavy atom. The van der Waals surface area contributed by atoms with Crippen LogP contribution in [0.5, 0.6) is 0 Å². The Labute approximate surface area is 85.4 Å². The van der Waals surface area contributed by atoms with E-state index in [0.29, 0.717) is 12.2 Å². The second-order valence-electron chi connectivity index (χ2n) is 2.86. The van der Waals surface area contributed by atoms with Gasteiger partial charge in [0.2, 0.25) is 0 Å². The molecule has 0 radical (unpaired) electrons. The second kappa shape index (κ2) is 7.18. The van der Waals surface area contributed by atoms with Gasteiger partial charge in [-0.05, 0) is 18.9 Å². The molecule has 80 valence electrons. The van der Waals surface area contributed by atoms with Crippen LogP contribution in [0.3, 0.4) is 0 Å². The molecule has 14 heavy (non-hydrogen) atoms. The largest absolute Gasteiger partial charge is 0.508 e. The average molecular weight is 198 g/mol. The lowest BCUT2D eigenvalue weighted by molar-refractivity contribution is 0.0358. The maximum absolute atomic E-state index is 11.0. The number of carbonyl (C=O) groups is 1. The first-order valence-corrected chi connectivity index (χ1v) is 4.80. The van der Waals surface area contributed by atoms with E-state index in [9.17, 15) is 4.79 Å². The van der Waals surface area contributed by atoms with Gasteiger partial charge in [0.25, 0.3) is 0 Å². The molecule has 0 aromatic heterocycles. The van der Waals surface area contributed by atoms with E-state index in [4.69, 9.17) is 4.74 Å². The van der Waals surface area contributed by atoms with Crippen LogP contribution in [-0.4, -0.2) is 18.9 Å². The van der Waals surface area contributed by atoms with Gasteiger partial charge in [0, 0.05) is 0 Å². The smallest absolute Gasteiger partial charge is 0.435 e. The van der Waals surface area contributed by atoms with Gasteiger partial charge in [-0.2, -0.15) is 0 Å². The molecule has 0 heterocycles. The van der Waals surface area contributed by atoms with E-state index in [1.54, 1.807) is 13.0 Å². The fourth-order valence-corrected chi connectivity index (χ4v) is 0.982. The molecule has 0 spiro atoms. The van der Waals surface area contributed by atoms with Crippen molar-refractivity contribution in [3.8, 4) is 0 Å². The summed E-state index contributed by atoms with van der Waals surface area (Å²) in [5, 5.41) is 0. The third-order valence-corrected chi connectivity index (χ3v) is 1.73. The van der Waals surface area contributed by atoms with E-state index in [1.807, 2.05) is 6.92 Å². The Morgan fingerprint density at radius 3 is 2.57 bits per heavy atom. The highest BCUT2D eigenvalue weighted by Crippen LogP contribution is 2.13. The molecule has 0 aromatic carbocycles. The Kier molecular flexibility index (Phi) is 6.54. The highest BCUT2D eigenvalue weighted by molar-refractivity contribution is 5.60. The molecule has 0 saturated carbocycles. The van der Waals surface area contributed by atoms with E-state index < -0.39 is 6.16 Å². The zero-order valence-corrected chi connectivity index (χ0v) is 8.91. The molecule has 1 atom stereocenters. The van der Waals surface area contributed by atoms with Crippen molar-refractivity contribution in [2.24, 2.45) is 0 Å². The Bertz CT molecular complexity index is 209. The first-order valence-electron chi connectivity index (χ1n) is 4.80. The summed E-state index contributed by atoms with van der Waals surface area (Å²) >= 11 is 0. The molecule has 0 bridgehead atoms. The van der Waals surface area contributed by atoms with Gasteiger partial charge in [0.05, 0.1) is 6.61 Å². The van der Waals surface area contributed by atoms with Gasteiger partial charge < -0.3 is 9.47 Å². The second-order valence-corrected chi connectivity index (χ2v) is 2.86. The average Bonchev–Trinajstić information content (AvgIpc) is 2.16. The summed E-state index contributed by atoms with van der Waals surface area (Å²) in [4.78, 5) is 11.0. The molecule has 0 N–H and O–H groups in total. The molecule has 0 rings (SSSR count). The molecule has 0 aromatic rings. The van der Waals surface area contributed by atoms with Crippen molar-refractivity contribution >= 4 is 6.16 Å². The normalized spacial score (nSPS) is 11.6. The highest BCUT2D eigenvalue weighted by Gasteiger charge is 2.15. The maximum atomic E-state index is 11.0. The fraction of sp³-hybridized carbons (Fsp3) is 0.545. The maximum Gasteiger partial charge on any atom is 0.508 e. The Hall–Kier alpha value is -1.25. The Morgan fingerprint density at radius 2 is 2.14 bits per heavy atom. The minimum absolute atomic E-state index is 0.309. The number of carbonyl (C=O) groups excluding carboxylic acids is 1. The molecule has 0 aliphatic carbocycles. The van der Waals surface area contributed by atoms with Gasteiger partial charge >= 0.3 is 6.16 Å². The van der Waals surface area contributed by atoms with Crippen LogP contribution in [0.15, 0.2) is 24.8 Å². The summed E-state index contributed by atoms with van der Waals surface area (Å²) in [7, 11) is 0. The van der Waals surface area contributed by atoms with Crippen molar-refractivity contribution < 1.29 is 14.3 Å². The number of ether oxygens (including phenoxy) is 2. The lowest BCUT2D eigenvalue weighted by atomic mass is 10.1. The molecular weight excluding hydrogens is 180 g/mol. The topological polar surface area (TPSA) is 35.5 Å². The molecule has 3 nitrogen and oxygen atoms in total. The van der Waals surface area contributed by atoms with Crippen LogP contribution in [-0.2, 0) is 9.47 Å². The summed E-state index contributed by atoms with van der Waals surface area (Å²) in [6.45, 7) is 11.4. The van der Waals surface area contributed by atoms with Crippen molar-refractivity contribution in [2.45, 2.75) is 32.8 Å². The van der Waals surface area contributed by atoms with E-state index in [0.717, 1.165) is 12.8 Å². The molecule has 0 amide bonds. The van der Waals surface area contributed by atoms with Gasteiger partial charge in [-0.3, -0.25) is 0 Å². The first-order chi connectivity index (χ1) is 6.65. The number of hydrogen-bond donors (Lipinski definition) is 0. The van der Waals surface area contributed by atoms with Crippen molar-refractivity contribution in [2.75, 3.05) is 6.61 Å². The van der Waals surface area contributed by atoms with Crippen LogP contribution >= 0.6 is 0 Å². The highest BCUT2D eigenvalue weighted by atomic mass is 16.7. The van der Waals surface area contributed by atoms with Gasteiger partial charge in [-0.25, -0.2) is 4.79 Å². The minimum Gasteiger partial charge on any atom is -0.435 e. The van der Waals surface area contributed by atoms with Crippen molar-refractivity contribution in [1.82, 2.24) is 0 Å². The standard InChI is InChI=1S/C11H18O3/c1-5-8-10(9(4)6-2)14-11(12)13-7-3/h6,10H,2,4-5,7-8H2,1,3H3. The summed E-state index contributed by atoms with van der Waals surface area (Å²) < 4.78 is 9.73. The minimum atomic E-state index is -0.644. The molecule has 1 unspecified atom stereocenters. The van der Waals surface area contributed by atoms with Gasteiger partial charge in [-0.15, -0.1) is 0 Å². The van der Waals surface area contributed by atoms with E-state index in [-0.39, 0.29) is 6.10 Å². The monoisotopic (exact) mass is 198 g/mol. The van der Waals surface area contributed by atoms with Crippen LogP contribution < -0.4 is 0 Å². The van der Waals surface area contributed by atoms with Crippen molar-refractivity contribution in [1.29, 1.82) is 0 Å². The molecule has 0 fully saturated rings. The summed E-state index contributed by atoms with van der Waals surface area (Å²) in [5.41, 5.74) is 0.708. The third kappa shape index (κ3) is 4.70. The van der Waals surface area contributed by atoms with E-state index >= 15 is 0 Å². The molecular formula is C11H18O3. The van der Waals surface area contributed by atoms with E-state index in [1.165, 1.54) is 0 Å². The Balaban J connectivity index is 4.14. The lowest BCUT2D eigenvalue weighted by Gasteiger charge is -2.16. The van der Waals surface area contributed by atoms with Crippen LogP contribution in [0, 0.1) is 0 Å². The predicted molar refractivity (Wildman–Crippen MR) is 56.1 cm³/mol. The third-order valence-electron chi connectivity index (χ3n) is 1.73. The molecule has 0 aliphatic heterocycles. The van der Waals surface area contributed by atoms with Gasteiger partial charge in [0.15, 0.2) is 0 Å². The summed E-state index contributed by atoms with van der Waals surface area (Å²) in [6.07, 6.45) is 2.30. The van der Waals surface area contributed by atoms with Crippen molar-refractivity contribution in [3.05, 3.63) is 24.8 Å². The zero-order chi connectivity index (χ0) is 11.0. The first kappa shape index (κ1) is 12.8. The molecule has 3 heteroatoms. The number of rotatable bonds is 6. The SMILES string of the molecule is C=CC(=C)C(CCC)OC(=O)OCC. The lowest BCUT2D eigenvalue weighted by Crippen LogP contribution is -2.20. The summed E-state index contributed by atoms with van der Waals surface area (Å²) in [6, 6.07) is 0. The van der Waals surface area contributed by atoms with Crippen LogP contribution in [0.4, 0.5) is 4.79 Å². The van der Waals surface area contributed by atoms with Crippen LogP contribution in [0.1, 0.15) is 26.7 Å². The summed E-state index contributed by atoms with van der Waals surface area (Å²) in [5.74, 6) is 0.